The quantitative estimate of drug-likeness (QED) is 0.265. The lowest BCUT2D eigenvalue weighted by Crippen LogP contribution is -2.50. The summed E-state index contributed by atoms with van der Waals surface area (Å²) < 4.78 is 0. The Kier molecular flexibility index (Phi) is 9.13. The van der Waals surface area contributed by atoms with Crippen molar-refractivity contribution < 1.29 is 9.59 Å². The Morgan fingerprint density at radius 1 is 0.821 bits per heavy atom. The summed E-state index contributed by atoms with van der Waals surface area (Å²) in [6.45, 7) is 3.75. The standard InChI is InChI=1S/C35H42N2O2/c1-26-15-17-29(18-16-26)32-25-31(32)13-7-3-8-14-33(35(39)37-23-9-4-10-24-37)36-34(38)30-21-19-28(20-22-30)27-11-5-2-6-12-27/h2,5-6,11-12,15-22,31-33H,3-4,7-10,13-14,23-25H2,1H3,(H,36,38)/t31-,32+,33+/m1/s1. The van der Waals surface area contributed by atoms with E-state index in [4.69, 9.17) is 0 Å². The minimum absolute atomic E-state index is 0.0885. The Bertz CT molecular complexity index is 1210. The summed E-state index contributed by atoms with van der Waals surface area (Å²) in [5.74, 6) is 1.46. The molecule has 4 heteroatoms. The van der Waals surface area contributed by atoms with Crippen LogP contribution in [0.25, 0.3) is 11.1 Å². The van der Waals surface area contributed by atoms with Crippen molar-refractivity contribution in [2.24, 2.45) is 5.92 Å². The second kappa shape index (κ2) is 13.1. The normalized spacial score (nSPS) is 19.4. The van der Waals surface area contributed by atoms with Crippen molar-refractivity contribution in [3.8, 4) is 11.1 Å². The molecule has 1 aliphatic heterocycles. The summed E-state index contributed by atoms with van der Waals surface area (Å²) in [7, 11) is 0. The molecule has 39 heavy (non-hydrogen) atoms. The smallest absolute Gasteiger partial charge is 0.251 e. The van der Waals surface area contributed by atoms with Crippen molar-refractivity contribution in [2.45, 2.75) is 76.7 Å². The third-order valence-corrected chi connectivity index (χ3v) is 8.52. The number of hydrogen-bond donors (Lipinski definition) is 1. The van der Waals surface area contributed by atoms with Crippen LogP contribution in [0.5, 0.6) is 0 Å². The second-order valence-electron chi connectivity index (χ2n) is 11.5. The van der Waals surface area contributed by atoms with Gasteiger partial charge in [0.1, 0.15) is 6.04 Å². The minimum atomic E-state index is -0.453. The fourth-order valence-corrected chi connectivity index (χ4v) is 6.00. The molecule has 0 radical (unpaired) electrons. The molecule has 1 N–H and O–H groups in total. The molecule has 1 aliphatic carbocycles. The summed E-state index contributed by atoms with van der Waals surface area (Å²) in [5.41, 5.74) is 5.60. The van der Waals surface area contributed by atoms with Crippen molar-refractivity contribution in [2.75, 3.05) is 13.1 Å². The summed E-state index contributed by atoms with van der Waals surface area (Å²) >= 11 is 0. The van der Waals surface area contributed by atoms with E-state index in [1.54, 1.807) is 0 Å². The zero-order valence-corrected chi connectivity index (χ0v) is 23.3. The average Bonchev–Trinajstić information content (AvgIpc) is 3.77. The fourth-order valence-electron chi connectivity index (χ4n) is 6.00. The molecule has 2 amide bonds. The zero-order chi connectivity index (χ0) is 27.0. The highest BCUT2D eigenvalue weighted by molar-refractivity contribution is 5.98. The number of carbonyl (C=O) groups excluding carboxylic acids is 2. The Balaban J connectivity index is 1.13. The van der Waals surface area contributed by atoms with Gasteiger partial charge < -0.3 is 10.2 Å². The lowest BCUT2D eigenvalue weighted by molar-refractivity contribution is -0.134. The van der Waals surface area contributed by atoms with Gasteiger partial charge in [-0.15, -0.1) is 0 Å². The van der Waals surface area contributed by atoms with E-state index in [1.165, 1.54) is 36.8 Å². The summed E-state index contributed by atoms with van der Waals surface area (Å²) in [6.07, 6.45) is 9.79. The Labute approximate surface area is 233 Å². The number of piperidine rings is 1. The lowest BCUT2D eigenvalue weighted by atomic mass is 10.0. The molecule has 0 aromatic heterocycles. The van der Waals surface area contributed by atoms with Crippen LogP contribution in [0.15, 0.2) is 78.9 Å². The number of unbranched alkanes of at least 4 members (excludes halogenated alkanes) is 2. The first-order valence-electron chi connectivity index (χ1n) is 14.9. The third kappa shape index (κ3) is 7.38. The van der Waals surface area contributed by atoms with Gasteiger partial charge in [0.05, 0.1) is 0 Å². The van der Waals surface area contributed by atoms with Crippen LogP contribution in [0.4, 0.5) is 0 Å². The zero-order valence-electron chi connectivity index (χ0n) is 23.3. The molecule has 1 saturated heterocycles. The molecule has 1 saturated carbocycles. The number of benzene rings is 3. The molecule has 2 fully saturated rings. The Morgan fingerprint density at radius 3 is 2.23 bits per heavy atom. The van der Waals surface area contributed by atoms with E-state index in [9.17, 15) is 9.59 Å². The topological polar surface area (TPSA) is 49.4 Å². The van der Waals surface area contributed by atoms with Gasteiger partial charge >= 0.3 is 0 Å². The maximum atomic E-state index is 13.4. The van der Waals surface area contributed by atoms with Crippen LogP contribution >= 0.6 is 0 Å². The summed E-state index contributed by atoms with van der Waals surface area (Å²) in [5, 5.41) is 3.10. The molecular formula is C35H42N2O2. The van der Waals surface area contributed by atoms with E-state index in [2.05, 4.69) is 48.6 Å². The van der Waals surface area contributed by atoms with Gasteiger partial charge in [-0.05, 0) is 86.1 Å². The number of hydrogen-bond acceptors (Lipinski definition) is 2. The van der Waals surface area contributed by atoms with E-state index in [0.29, 0.717) is 12.0 Å². The van der Waals surface area contributed by atoms with Crippen LogP contribution < -0.4 is 5.32 Å². The average molecular weight is 523 g/mol. The van der Waals surface area contributed by atoms with Crippen molar-refractivity contribution in [3.63, 3.8) is 0 Å². The number of nitrogens with zero attached hydrogens (tertiary/aromatic N) is 1. The van der Waals surface area contributed by atoms with E-state index in [1.807, 2.05) is 47.4 Å². The fraction of sp³-hybridized carbons (Fsp3) is 0.429. The molecular weight excluding hydrogens is 480 g/mol. The van der Waals surface area contributed by atoms with Gasteiger partial charge in [0.2, 0.25) is 5.91 Å². The maximum absolute atomic E-state index is 13.4. The van der Waals surface area contributed by atoms with Crippen LogP contribution in [0.3, 0.4) is 0 Å². The maximum Gasteiger partial charge on any atom is 0.251 e. The molecule has 4 nitrogen and oxygen atoms in total. The first kappa shape index (κ1) is 27.2. The molecule has 0 unspecified atom stereocenters. The largest absolute Gasteiger partial charge is 0.341 e. The Hall–Kier alpha value is -3.40. The van der Waals surface area contributed by atoms with E-state index < -0.39 is 6.04 Å². The third-order valence-electron chi connectivity index (χ3n) is 8.52. The van der Waals surface area contributed by atoms with E-state index in [0.717, 1.165) is 61.7 Å². The highest BCUT2D eigenvalue weighted by Gasteiger charge is 2.37. The predicted octanol–water partition coefficient (Wildman–Crippen LogP) is 7.53. The van der Waals surface area contributed by atoms with Crippen molar-refractivity contribution >= 4 is 11.8 Å². The number of nitrogens with one attached hydrogen (secondary N) is 1. The number of carbonyl (C=O) groups is 2. The highest BCUT2D eigenvalue weighted by atomic mass is 16.2. The number of amides is 2. The first-order chi connectivity index (χ1) is 19.1. The van der Waals surface area contributed by atoms with Crippen LogP contribution in [0.2, 0.25) is 0 Å². The molecule has 0 spiro atoms. The van der Waals surface area contributed by atoms with Crippen molar-refractivity contribution in [3.05, 3.63) is 95.6 Å². The second-order valence-corrected chi connectivity index (χ2v) is 11.5. The van der Waals surface area contributed by atoms with Gasteiger partial charge in [-0.2, -0.15) is 0 Å². The van der Waals surface area contributed by atoms with Crippen LogP contribution in [0, 0.1) is 12.8 Å². The van der Waals surface area contributed by atoms with E-state index in [-0.39, 0.29) is 11.8 Å². The molecule has 5 rings (SSSR count). The highest BCUT2D eigenvalue weighted by Crippen LogP contribution is 2.50. The Morgan fingerprint density at radius 2 is 1.51 bits per heavy atom. The van der Waals surface area contributed by atoms with Gasteiger partial charge in [-0.3, -0.25) is 9.59 Å². The molecule has 1 heterocycles. The molecule has 3 aromatic rings. The number of aryl methyl sites for hydroxylation is 1. The van der Waals surface area contributed by atoms with Gasteiger partial charge in [0, 0.05) is 18.7 Å². The van der Waals surface area contributed by atoms with Crippen LogP contribution in [-0.2, 0) is 4.79 Å². The van der Waals surface area contributed by atoms with Crippen molar-refractivity contribution in [1.82, 2.24) is 10.2 Å². The summed E-state index contributed by atoms with van der Waals surface area (Å²) in [4.78, 5) is 28.6. The van der Waals surface area contributed by atoms with Gasteiger partial charge in [0.25, 0.3) is 5.91 Å². The number of likely N-dealkylation sites (tertiary alicyclic amines) is 1. The molecule has 3 atom stereocenters. The monoisotopic (exact) mass is 522 g/mol. The summed E-state index contributed by atoms with van der Waals surface area (Å²) in [6, 6.07) is 26.4. The van der Waals surface area contributed by atoms with Crippen molar-refractivity contribution in [1.29, 1.82) is 0 Å². The molecule has 3 aromatic carbocycles. The lowest BCUT2D eigenvalue weighted by Gasteiger charge is -2.31. The van der Waals surface area contributed by atoms with Crippen LogP contribution in [-0.4, -0.2) is 35.8 Å². The predicted molar refractivity (Wildman–Crippen MR) is 159 cm³/mol. The van der Waals surface area contributed by atoms with E-state index >= 15 is 0 Å². The van der Waals surface area contributed by atoms with Gasteiger partial charge in [0.15, 0.2) is 0 Å². The molecule has 2 aliphatic rings. The number of rotatable bonds is 11. The first-order valence-corrected chi connectivity index (χ1v) is 14.9. The molecule has 204 valence electrons. The minimum Gasteiger partial charge on any atom is -0.341 e. The molecule has 0 bridgehead atoms. The SMILES string of the molecule is Cc1ccc([C@@H]2C[C@H]2CCCCC[C@H](NC(=O)c2ccc(-c3ccccc3)cc2)C(=O)N2CCCCC2)cc1. The van der Waals surface area contributed by atoms with Crippen LogP contribution in [0.1, 0.15) is 85.2 Å². The van der Waals surface area contributed by atoms with Gasteiger partial charge in [-0.25, -0.2) is 0 Å². The van der Waals surface area contributed by atoms with Gasteiger partial charge in [-0.1, -0.05) is 91.6 Å².